The molecule has 4 rings (SSSR count). The maximum atomic E-state index is 13.7. The molecule has 2 N–H and O–H groups in total. The number of halogens is 2. The fraction of sp³-hybridized carbons (Fsp3) is 0.192. The summed E-state index contributed by atoms with van der Waals surface area (Å²) in [5.41, 5.74) is 3.38. The molecule has 3 aromatic rings. The van der Waals surface area contributed by atoms with Crippen LogP contribution in [0.4, 0.5) is 19.3 Å². The molecule has 172 valence electrons. The molecular weight excluding hydrogens is 438 g/mol. The van der Waals surface area contributed by atoms with E-state index in [9.17, 15) is 18.4 Å². The highest BCUT2D eigenvalue weighted by Crippen LogP contribution is 2.21. The van der Waals surface area contributed by atoms with Crippen LogP contribution in [0.2, 0.25) is 0 Å². The zero-order valence-corrected chi connectivity index (χ0v) is 18.2. The number of hydrogen-bond acceptors (Lipinski definition) is 3. The van der Waals surface area contributed by atoms with E-state index in [0.717, 1.165) is 16.7 Å². The van der Waals surface area contributed by atoms with Crippen molar-refractivity contribution in [1.82, 2.24) is 10.2 Å². The summed E-state index contributed by atoms with van der Waals surface area (Å²) in [6.07, 6.45) is 0.792. The zero-order chi connectivity index (χ0) is 24.1. The van der Waals surface area contributed by atoms with Gasteiger partial charge in [-0.25, -0.2) is 13.6 Å². The summed E-state index contributed by atoms with van der Waals surface area (Å²) < 4.78 is 26.9. The van der Waals surface area contributed by atoms with E-state index < -0.39 is 17.9 Å². The molecule has 34 heavy (non-hydrogen) atoms. The monoisotopic (exact) mass is 460 g/mol. The van der Waals surface area contributed by atoms with Gasteiger partial charge >= 0.3 is 6.03 Å². The third-order valence-corrected chi connectivity index (χ3v) is 5.72. The molecule has 1 atom stereocenters. The second-order valence-corrected chi connectivity index (χ2v) is 8.09. The second kappa shape index (κ2) is 10.1. The molecule has 3 amide bonds. The molecule has 1 aliphatic rings. The molecule has 0 aliphatic carbocycles. The van der Waals surface area contributed by atoms with Crippen LogP contribution in [0.15, 0.2) is 66.7 Å². The summed E-state index contributed by atoms with van der Waals surface area (Å²) in [5, 5.41) is 14.3. The molecule has 3 aromatic carbocycles. The molecule has 8 heteroatoms. The highest BCUT2D eigenvalue weighted by atomic mass is 19.1. The van der Waals surface area contributed by atoms with Crippen molar-refractivity contribution in [2.45, 2.75) is 25.4 Å². The molecule has 0 aromatic heterocycles. The lowest BCUT2D eigenvalue weighted by Gasteiger charge is -2.32. The molecule has 0 radical (unpaired) electrons. The van der Waals surface area contributed by atoms with Gasteiger partial charge in [-0.05, 0) is 71.6 Å². The Hall–Kier alpha value is -4.25. The molecular formula is C26H22F2N4O2. The standard InChI is InChI=1S/C26H22F2N4O2/c27-21-7-9-23(10-8-21)30-26(34)31-24(13-17-1-3-18(15-29)4-2-17)25(33)32-12-11-19-5-6-22(28)14-20(19)16-32/h1-10,14,24H,11-13,16H2,(H2,30,31,34)/t24-/m0/s1. The van der Waals surface area contributed by atoms with Crippen molar-refractivity contribution in [3.8, 4) is 6.07 Å². The van der Waals surface area contributed by atoms with Crippen molar-refractivity contribution < 1.29 is 18.4 Å². The lowest BCUT2D eigenvalue weighted by molar-refractivity contribution is -0.134. The van der Waals surface area contributed by atoms with E-state index in [1.54, 1.807) is 35.2 Å². The predicted molar refractivity (Wildman–Crippen MR) is 123 cm³/mol. The summed E-state index contributed by atoms with van der Waals surface area (Å²) in [6, 6.07) is 17.2. The molecule has 0 spiro atoms. The topological polar surface area (TPSA) is 85.2 Å². The lowest BCUT2D eigenvalue weighted by atomic mass is 9.98. The number of amides is 3. The summed E-state index contributed by atoms with van der Waals surface area (Å²) in [5.74, 6) is -1.09. The van der Waals surface area contributed by atoms with Gasteiger partial charge in [-0.15, -0.1) is 0 Å². The number of urea groups is 1. The minimum absolute atomic E-state index is 0.202. The SMILES string of the molecule is N#Cc1ccc(C[C@H](NC(=O)Nc2ccc(F)cc2)C(=O)N2CCc3ccc(F)cc3C2)cc1. The Morgan fingerprint density at radius 3 is 2.38 bits per heavy atom. The van der Waals surface area contributed by atoms with E-state index >= 15 is 0 Å². The molecule has 0 saturated carbocycles. The summed E-state index contributed by atoms with van der Waals surface area (Å²) in [6.45, 7) is 0.694. The second-order valence-electron chi connectivity index (χ2n) is 8.09. The van der Waals surface area contributed by atoms with Gasteiger partial charge < -0.3 is 15.5 Å². The van der Waals surface area contributed by atoms with E-state index in [1.807, 2.05) is 6.07 Å². The number of carbonyl (C=O) groups excluding carboxylic acids is 2. The average Bonchev–Trinajstić information content (AvgIpc) is 2.84. The third-order valence-electron chi connectivity index (χ3n) is 5.72. The maximum absolute atomic E-state index is 13.7. The zero-order valence-electron chi connectivity index (χ0n) is 18.2. The molecule has 6 nitrogen and oxygen atoms in total. The van der Waals surface area contributed by atoms with Gasteiger partial charge in [0.25, 0.3) is 0 Å². The maximum Gasteiger partial charge on any atom is 0.319 e. The van der Waals surface area contributed by atoms with Gasteiger partial charge in [0, 0.05) is 25.2 Å². The van der Waals surface area contributed by atoms with Gasteiger partial charge in [-0.2, -0.15) is 5.26 Å². The van der Waals surface area contributed by atoms with Crippen molar-refractivity contribution in [3.05, 3.63) is 101 Å². The van der Waals surface area contributed by atoms with Crippen LogP contribution in [0.3, 0.4) is 0 Å². The van der Waals surface area contributed by atoms with E-state index in [2.05, 4.69) is 10.6 Å². The molecule has 0 unspecified atom stereocenters. The first kappa shape index (κ1) is 22.9. The first-order valence-corrected chi connectivity index (χ1v) is 10.8. The van der Waals surface area contributed by atoms with Gasteiger partial charge in [0.15, 0.2) is 0 Å². The smallest absolute Gasteiger partial charge is 0.319 e. The third kappa shape index (κ3) is 5.56. The van der Waals surface area contributed by atoms with Crippen LogP contribution in [0, 0.1) is 23.0 Å². The Bertz CT molecular complexity index is 1240. The van der Waals surface area contributed by atoms with Crippen LogP contribution in [0.25, 0.3) is 0 Å². The van der Waals surface area contributed by atoms with Gasteiger partial charge in [0.2, 0.25) is 5.91 Å². The van der Waals surface area contributed by atoms with E-state index in [-0.39, 0.29) is 24.7 Å². The largest absolute Gasteiger partial charge is 0.336 e. The van der Waals surface area contributed by atoms with Gasteiger partial charge in [-0.3, -0.25) is 4.79 Å². The number of nitrogens with zero attached hydrogens (tertiary/aromatic N) is 2. The van der Waals surface area contributed by atoms with Gasteiger partial charge in [0.1, 0.15) is 17.7 Å². The minimum atomic E-state index is -0.900. The first-order valence-electron chi connectivity index (χ1n) is 10.8. The van der Waals surface area contributed by atoms with Crippen LogP contribution >= 0.6 is 0 Å². The van der Waals surface area contributed by atoms with Crippen LogP contribution in [0.1, 0.15) is 22.3 Å². The Labute approximate surface area is 195 Å². The van der Waals surface area contributed by atoms with E-state index in [0.29, 0.717) is 24.2 Å². The van der Waals surface area contributed by atoms with Crippen LogP contribution < -0.4 is 10.6 Å². The predicted octanol–water partition coefficient (Wildman–Crippen LogP) is 4.15. The molecule has 1 aliphatic heterocycles. The fourth-order valence-corrected chi connectivity index (χ4v) is 3.94. The summed E-state index contributed by atoms with van der Waals surface area (Å²) in [7, 11) is 0. The number of benzene rings is 3. The van der Waals surface area contributed by atoms with Crippen molar-refractivity contribution >= 4 is 17.6 Å². The Kier molecular flexibility index (Phi) is 6.83. The molecule has 0 saturated heterocycles. The number of rotatable bonds is 5. The number of carbonyl (C=O) groups is 2. The molecule has 0 bridgehead atoms. The number of fused-ring (bicyclic) bond motifs is 1. The van der Waals surface area contributed by atoms with Crippen molar-refractivity contribution in [2.75, 3.05) is 11.9 Å². The van der Waals surface area contributed by atoms with Crippen LogP contribution in [-0.2, 0) is 24.2 Å². The number of anilines is 1. The van der Waals surface area contributed by atoms with E-state index in [4.69, 9.17) is 5.26 Å². The van der Waals surface area contributed by atoms with Crippen molar-refractivity contribution in [1.29, 1.82) is 5.26 Å². The van der Waals surface area contributed by atoms with E-state index in [1.165, 1.54) is 36.4 Å². The molecule has 1 heterocycles. The van der Waals surface area contributed by atoms with Crippen molar-refractivity contribution in [3.63, 3.8) is 0 Å². The Balaban J connectivity index is 1.52. The fourth-order valence-electron chi connectivity index (χ4n) is 3.94. The number of hydrogen-bond donors (Lipinski definition) is 2. The highest BCUT2D eigenvalue weighted by molar-refractivity contribution is 5.94. The highest BCUT2D eigenvalue weighted by Gasteiger charge is 2.29. The molecule has 0 fully saturated rings. The van der Waals surface area contributed by atoms with Gasteiger partial charge in [0.05, 0.1) is 11.6 Å². The summed E-state index contributed by atoms with van der Waals surface area (Å²) >= 11 is 0. The Morgan fingerprint density at radius 2 is 1.68 bits per heavy atom. The first-order chi connectivity index (χ1) is 16.4. The number of nitriles is 1. The van der Waals surface area contributed by atoms with Gasteiger partial charge in [-0.1, -0.05) is 18.2 Å². The quantitative estimate of drug-likeness (QED) is 0.600. The van der Waals surface area contributed by atoms with Crippen molar-refractivity contribution in [2.24, 2.45) is 0 Å². The van der Waals surface area contributed by atoms with Crippen LogP contribution in [-0.4, -0.2) is 29.4 Å². The Morgan fingerprint density at radius 1 is 0.971 bits per heavy atom. The lowest BCUT2D eigenvalue weighted by Crippen LogP contribution is -2.51. The number of nitrogens with one attached hydrogen (secondary N) is 2. The summed E-state index contributed by atoms with van der Waals surface area (Å²) in [4.78, 5) is 27.7. The van der Waals surface area contributed by atoms with Crippen LogP contribution in [0.5, 0.6) is 0 Å². The average molecular weight is 460 g/mol. The normalized spacial score (nSPS) is 13.4. The minimum Gasteiger partial charge on any atom is -0.336 e.